The van der Waals surface area contributed by atoms with Crippen molar-refractivity contribution in [1.29, 1.82) is 0 Å². The normalized spacial score (nSPS) is 8.43. The average Bonchev–Trinajstić information content (AvgIpc) is 0.722. The number of hydrogen-bond donors (Lipinski definition) is 3. The molecule has 7 heavy (non-hydrogen) atoms. The van der Waals surface area contributed by atoms with Gasteiger partial charge in [-0.25, -0.2) is 4.57 Å². The SMILES string of the molecule is Cl.O=P(O)(O)O.[Ba+2].[H-].[H-]. The van der Waals surface area contributed by atoms with Crippen LogP contribution in [0.4, 0.5) is 0 Å². The zero-order chi connectivity index (χ0) is 4.50. The Morgan fingerprint density at radius 2 is 1.29 bits per heavy atom. The van der Waals surface area contributed by atoms with Gasteiger partial charge in [0.2, 0.25) is 0 Å². The van der Waals surface area contributed by atoms with Crippen molar-refractivity contribution in [1.82, 2.24) is 0 Å². The molecule has 0 fully saturated rings. The van der Waals surface area contributed by atoms with E-state index < -0.39 is 7.82 Å². The summed E-state index contributed by atoms with van der Waals surface area (Å²) < 4.78 is 8.88. The molecule has 0 spiro atoms. The van der Waals surface area contributed by atoms with Gasteiger partial charge < -0.3 is 17.5 Å². The molecule has 0 aromatic heterocycles. The molecule has 0 aliphatic heterocycles. The Bertz CT molecular complexity index is 64.7. The van der Waals surface area contributed by atoms with Gasteiger partial charge in [-0.15, -0.1) is 12.4 Å². The first-order valence-electron chi connectivity index (χ1n) is 0.783. The number of phosphoric acid groups is 1. The summed E-state index contributed by atoms with van der Waals surface area (Å²) in [5.74, 6) is 0. The third-order valence-electron chi connectivity index (χ3n) is 0. The van der Waals surface area contributed by atoms with Crippen LogP contribution >= 0.6 is 20.2 Å². The van der Waals surface area contributed by atoms with Gasteiger partial charge >= 0.3 is 56.7 Å². The van der Waals surface area contributed by atoms with Crippen LogP contribution in [0.2, 0.25) is 0 Å². The molecule has 44 valence electrons. The van der Waals surface area contributed by atoms with E-state index in [2.05, 4.69) is 0 Å². The quantitative estimate of drug-likeness (QED) is 0.404. The maximum atomic E-state index is 8.88. The van der Waals surface area contributed by atoms with Crippen LogP contribution in [-0.4, -0.2) is 63.6 Å². The van der Waals surface area contributed by atoms with Gasteiger partial charge in [-0.2, -0.15) is 0 Å². The molecule has 0 atom stereocenters. The third-order valence-corrected chi connectivity index (χ3v) is 0. The first-order valence-corrected chi connectivity index (χ1v) is 2.35. The Balaban J connectivity index is -0.0000000133. The second-order valence-corrected chi connectivity index (χ2v) is 1.54. The molecule has 0 heterocycles. The summed E-state index contributed by atoms with van der Waals surface area (Å²) in [4.78, 5) is 21.6. The largest absolute Gasteiger partial charge is 2.00 e. The molecule has 0 unspecified atom stereocenters. The molecule has 4 nitrogen and oxygen atoms in total. The van der Waals surface area contributed by atoms with Crippen LogP contribution in [-0.2, 0) is 4.57 Å². The molecule has 0 amide bonds. The summed E-state index contributed by atoms with van der Waals surface area (Å²) in [6, 6.07) is 0. The van der Waals surface area contributed by atoms with Gasteiger partial charge in [0.25, 0.3) is 0 Å². The fourth-order valence-electron chi connectivity index (χ4n) is 0. The summed E-state index contributed by atoms with van der Waals surface area (Å²) in [5.41, 5.74) is 0. The van der Waals surface area contributed by atoms with Crippen LogP contribution < -0.4 is 0 Å². The minimum Gasteiger partial charge on any atom is -1.00 e. The summed E-state index contributed by atoms with van der Waals surface area (Å²) >= 11 is 0. The van der Waals surface area contributed by atoms with Crippen molar-refractivity contribution in [3.63, 3.8) is 0 Å². The van der Waals surface area contributed by atoms with E-state index in [1.807, 2.05) is 0 Å². The van der Waals surface area contributed by atoms with Gasteiger partial charge in [0, 0.05) is 0 Å². The van der Waals surface area contributed by atoms with Gasteiger partial charge in [0.05, 0.1) is 0 Å². The minimum atomic E-state index is -4.64. The molecule has 3 N–H and O–H groups in total. The molecule has 0 saturated carbocycles. The van der Waals surface area contributed by atoms with E-state index in [1.165, 1.54) is 0 Å². The van der Waals surface area contributed by atoms with Crippen LogP contribution in [0.1, 0.15) is 2.85 Å². The fourth-order valence-corrected chi connectivity index (χ4v) is 0. The minimum absolute atomic E-state index is 0. The Labute approximate surface area is 90.0 Å². The van der Waals surface area contributed by atoms with E-state index in [0.29, 0.717) is 0 Å². The predicted octanol–water partition coefficient (Wildman–Crippen LogP) is -0.663. The summed E-state index contributed by atoms with van der Waals surface area (Å²) in [6.07, 6.45) is 0. The molecular weight excluding hydrogens is 268 g/mol. The molecule has 0 saturated heterocycles. The predicted molar refractivity (Wildman–Crippen MR) is 29.5 cm³/mol. The van der Waals surface area contributed by atoms with Crippen molar-refractivity contribution in [2.75, 3.05) is 0 Å². The third kappa shape index (κ3) is 73.1. The Morgan fingerprint density at radius 1 is 1.29 bits per heavy atom. The van der Waals surface area contributed by atoms with E-state index >= 15 is 0 Å². The van der Waals surface area contributed by atoms with E-state index in [-0.39, 0.29) is 64.1 Å². The summed E-state index contributed by atoms with van der Waals surface area (Å²) in [5, 5.41) is 0. The zero-order valence-corrected chi connectivity index (χ0v) is 9.46. The molecule has 0 aliphatic rings. The van der Waals surface area contributed by atoms with E-state index in [9.17, 15) is 0 Å². The molecule has 0 rings (SSSR count). The van der Waals surface area contributed by atoms with Gasteiger partial charge in [-0.05, 0) is 0 Å². The molecule has 0 radical (unpaired) electrons. The molecule has 7 heteroatoms. The van der Waals surface area contributed by atoms with Gasteiger partial charge in [0.1, 0.15) is 0 Å². The molecular formula is H6BaClO4P. The fraction of sp³-hybridized carbons (Fsp3) is 0. The Kier molecular flexibility index (Phi) is 13.9. The molecule has 0 aromatic rings. The Hall–Kier alpha value is 1.97. The zero-order valence-electron chi connectivity index (χ0n) is 5.31. The number of halogens is 1. The number of rotatable bonds is 0. The van der Waals surface area contributed by atoms with E-state index in [1.54, 1.807) is 0 Å². The van der Waals surface area contributed by atoms with Crippen molar-refractivity contribution >= 4 is 69.1 Å². The Morgan fingerprint density at radius 3 is 1.29 bits per heavy atom. The second kappa shape index (κ2) is 6.10. The van der Waals surface area contributed by atoms with Crippen LogP contribution in [0.15, 0.2) is 0 Å². The van der Waals surface area contributed by atoms with Crippen molar-refractivity contribution in [2.45, 2.75) is 0 Å². The summed E-state index contributed by atoms with van der Waals surface area (Å²) in [7, 11) is -4.64. The van der Waals surface area contributed by atoms with Crippen molar-refractivity contribution < 1.29 is 22.1 Å². The first-order chi connectivity index (χ1) is 2.00. The van der Waals surface area contributed by atoms with E-state index in [0.717, 1.165) is 0 Å². The first kappa shape index (κ1) is 16.0. The smallest absolute Gasteiger partial charge is 1.00 e. The number of hydrogen-bond acceptors (Lipinski definition) is 1. The standard InChI is InChI=1S/Ba.ClH.H3O4P.2H/c;;1-5(2,3)4;;/h;1H;(H3,1,2,3,4);;/q+2;;;2*-1. The molecule has 0 aliphatic carbocycles. The van der Waals surface area contributed by atoms with Gasteiger partial charge in [-0.3, -0.25) is 0 Å². The van der Waals surface area contributed by atoms with Crippen LogP contribution in [0.3, 0.4) is 0 Å². The van der Waals surface area contributed by atoms with Gasteiger partial charge in [0.15, 0.2) is 0 Å². The maximum Gasteiger partial charge on any atom is 2.00 e. The van der Waals surface area contributed by atoms with Crippen molar-refractivity contribution in [3.05, 3.63) is 0 Å². The molecule has 0 aromatic carbocycles. The molecule has 0 bridgehead atoms. The van der Waals surface area contributed by atoms with Gasteiger partial charge in [-0.1, -0.05) is 0 Å². The van der Waals surface area contributed by atoms with Crippen molar-refractivity contribution in [2.24, 2.45) is 0 Å². The summed E-state index contributed by atoms with van der Waals surface area (Å²) in [6.45, 7) is 0. The van der Waals surface area contributed by atoms with E-state index in [4.69, 9.17) is 19.2 Å². The van der Waals surface area contributed by atoms with Crippen LogP contribution in [0.5, 0.6) is 0 Å². The van der Waals surface area contributed by atoms with Crippen LogP contribution in [0, 0.1) is 0 Å². The monoisotopic (exact) mass is 274 g/mol. The second-order valence-electron chi connectivity index (χ2n) is 0.513. The van der Waals surface area contributed by atoms with Crippen molar-refractivity contribution in [3.8, 4) is 0 Å². The topological polar surface area (TPSA) is 77.8 Å². The maximum absolute atomic E-state index is 8.88. The van der Waals surface area contributed by atoms with Crippen LogP contribution in [0.25, 0.3) is 0 Å². The average molecular weight is 274 g/mol.